The number of nitrogens with zero attached hydrogens (tertiary/aromatic N) is 1. The molecule has 1 aromatic carbocycles. The molecule has 0 fully saturated rings. The van der Waals surface area contributed by atoms with Crippen molar-refractivity contribution < 1.29 is 26.5 Å². The predicted molar refractivity (Wildman–Crippen MR) is 58.8 cm³/mol. The van der Waals surface area contributed by atoms with Gasteiger partial charge >= 0.3 is 6.18 Å². The van der Waals surface area contributed by atoms with E-state index in [1.54, 1.807) is 0 Å². The minimum absolute atomic E-state index is 0.389. The van der Waals surface area contributed by atoms with Gasteiger partial charge in [0.15, 0.2) is 0 Å². The summed E-state index contributed by atoms with van der Waals surface area (Å²) in [6.07, 6.45) is -4.75. The highest BCUT2D eigenvalue weighted by Gasteiger charge is 2.31. The van der Waals surface area contributed by atoms with Crippen molar-refractivity contribution in [3.8, 4) is 0 Å². The summed E-state index contributed by atoms with van der Waals surface area (Å²) in [6, 6.07) is 2.46. The van der Waals surface area contributed by atoms with Crippen LogP contribution in [0.1, 0.15) is 0 Å². The molecule has 0 bridgehead atoms. The van der Waals surface area contributed by atoms with Crippen LogP contribution in [0.4, 0.5) is 24.5 Å². The van der Waals surface area contributed by atoms with Crippen LogP contribution in [-0.2, 0) is 10.0 Å². The first-order chi connectivity index (χ1) is 8.53. The van der Waals surface area contributed by atoms with E-state index in [2.05, 4.69) is 0 Å². The number of nitro groups is 1. The van der Waals surface area contributed by atoms with Crippen molar-refractivity contribution in [3.63, 3.8) is 0 Å². The van der Waals surface area contributed by atoms with Gasteiger partial charge in [0.2, 0.25) is 10.0 Å². The minimum atomic E-state index is -4.75. The van der Waals surface area contributed by atoms with Crippen molar-refractivity contribution in [2.45, 2.75) is 11.1 Å². The molecule has 0 saturated carbocycles. The first-order valence-corrected chi connectivity index (χ1v) is 6.11. The van der Waals surface area contributed by atoms with E-state index >= 15 is 0 Å². The Hall–Kier alpha value is -1.88. The molecule has 7 nitrogen and oxygen atoms in total. The molecule has 0 radical (unpaired) electrons. The molecule has 3 N–H and O–H groups in total. The number of anilines is 1. The topological polar surface area (TPSA) is 115 Å². The zero-order chi connectivity index (χ0) is 14.8. The molecule has 0 aliphatic heterocycles. The molecule has 0 atom stereocenters. The quantitative estimate of drug-likeness (QED) is 0.489. The standard InChI is InChI=1S/C8H8F3N3O4S/c9-8(10,11)4-13-19(17,18)7-3-5(14(15)16)1-2-6(7)12/h1-3,13H,4,12H2. The Balaban J connectivity index is 3.14. The van der Waals surface area contributed by atoms with E-state index in [0.29, 0.717) is 6.07 Å². The van der Waals surface area contributed by atoms with Gasteiger partial charge in [-0.25, -0.2) is 13.1 Å². The summed E-state index contributed by atoms with van der Waals surface area (Å²) in [5.74, 6) is 0. The number of hydrogen-bond acceptors (Lipinski definition) is 5. The second-order valence-corrected chi connectivity index (χ2v) is 5.15. The molecule has 0 aliphatic carbocycles. The minimum Gasteiger partial charge on any atom is -0.398 e. The zero-order valence-corrected chi connectivity index (χ0v) is 9.96. The maximum atomic E-state index is 11.9. The fourth-order valence-electron chi connectivity index (χ4n) is 1.12. The maximum Gasteiger partial charge on any atom is 0.402 e. The van der Waals surface area contributed by atoms with E-state index in [0.717, 1.165) is 12.1 Å². The average molecular weight is 299 g/mol. The number of nitro benzene ring substituents is 1. The normalized spacial score (nSPS) is 12.4. The molecule has 1 rings (SSSR count). The van der Waals surface area contributed by atoms with Gasteiger partial charge in [0, 0.05) is 12.1 Å². The lowest BCUT2D eigenvalue weighted by Crippen LogP contribution is -2.34. The van der Waals surface area contributed by atoms with E-state index in [9.17, 15) is 31.7 Å². The van der Waals surface area contributed by atoms with Crippen LogP contribution in [0.15, 0.2) is 23.1 Å². The van der Waals surface area contributed by atoms with Gasteiger partial charge < -0.3 is 5.73 Å². The number of alkyl halides is 3. The van der Waals surface area contributed by atoms with Crippen LogP contribution in [0, 0.1) is 10.1 Å². The van der Waals surface area contributed by atoms with Crippen molar-refractivity contribution in [1.29, 1.82) is 0 Å². The molecule has 19 heavy (non-hydrogen) atoms. The predicted octanol–water partition coefficient (Wildman–Crippen LogP) is 1.02. The lowest BCUT2D eigenvalue weighted by atomic mass is 10.3. The van der Waals surface area contributed by atoms with Gasteiger partial charge in [0.1, 0.15) is 11.4 Å². The Kier molecular flexibility index (Phi) is 4.00. The molecule has 0 spiro atoms. The molecule has 0 aromatic heterocycles. The Morgan fingerprint density at radius 3 is 2.42 bits per heavy atom. The molecule has 1 aromatic rings. The van der Waals surface area contributed by atoms with Crippen molar-refractivity contribution >= 4 is 21.4 Å². The van der Waals surface area contributed by atoms with Crippen LogP contribution in [0.3, 0.4) is 0 Å². The van der Waals surface area contributed by atoms with E-state index in [1.807, 2.05) is 0 Å². The Bertz CT molecular complexity index is 600. The Morgan fingerprint density at radius 2 is 1.95 bits per heavy atom. The van der Waals surface area contributed by atoms with Crippen LogP contribution in [-0.4, -0.2) is 26.1 Å². The first kappa shape index (κ1) is 15.2. The lowest BCUT2D eigenvalue weighted by molar-refractivity contribution is -0.385. The van der Waals surface area contributed by atoms with Crippen LogP contribution in [0.25, 0.3) is 0 Å². The highest BCUT2D eigenvalue weighted by Crippen LogP contribution is 2.24. The molecule has 0 amide bonds. The van der Waals surface area contributed by atoms with E-state index in [-0.39, 0.29) is 5.69 Å². The van der Waals surface area contributed by atoms with Gasteiger partial charge in [0.05, 0.1) is 10.6 Å². The molecule has 0 aliphatic rings. The largest absolute Gasteiger partial charge is 0.402 e. The summed E-state index contributed by atoms with van der Waals surface area (Å²) in [4.78, 5) is 8.82. The number of sulfonamides is 1. The van der Waals surface area contributed by atoms with Crippen LogP contribution in [0.5, 0.6) is 0 Å². The molecule has 0 heterocycles. The smallest absolute Gasteiger partial charge is 0.398 e. The van der Waals surface area contributed by atoms with Gasteiger partial charge in [-0.1, -0.05) is 0 Å². The summed E-state index contributed by atoms with van der Waals surface area (Å²) < 4.78 is 60.2. The van der Waals surface area contributed by atoms with Crippen molar-refractivity contribution in [2.75, 3.05) is 12.3 Å². The van der Waals surface area contributed by atoms with Crippen LogP contribution < -0.4 is 10.5 Å². The SMILES string of the molecule is Nc1ccc([N+](=O)[O-])cc1S(=O)(=O)NCC(F)(F)F. The van der Waals surface area contributed by atoms with Crippen LogP contribution >= 0.6 is 0 Å². The van der Waals surface area contributed by atoms with Gasteiger partial charge in [-0.2, -0.15) is 13.2 Å². The molecule has 0 saturated heterocycles. The number of rotatable bonds is 4. The van der Waals surface area contributed by atoms with Gasteiger partial charge in [0.25, 0.3) is 5.69 Å². The molecular weight excluding hydrogens is 291 g/mol. The third kappa shape index (κ3) is 4.06. The van der Waals surface area contributed by atoms with Gasteiger partial charge in [-0.15, -0.1) is 0 Å². The number of nitrogens with one attached hydrogen (secondary N) is 1. The second kappa shape index (κ2) is 5.01. The fourth-order valence-corrected chi connectivity index (χ4v) is 2.29. The molecular formula is C8H8F3N3O4S. The number of nitrogens with two attached hydrogens (primary N) is 1. The third-order valence-corrected chi connectivity index (χ3v) is 3.42. The van der Waals surface area contributed by atoms with Crippen molar-refractivity contribution in [2.24, 2.45) is 0 Å². The monoisotopic (exact) mass is 299 g/mol. The highest BCUT2D eigenvalue weighted by molar-refractivity contribution is 7.89. The summed E-state index contributed by atoms with van der Waals surface area (Å²) >= 11 is 0. The number of hydrogen-bond donors (Lipinski definition) is 2. The van der Waals surface area contributed by atoms with Crippen molar-refractivity contribution in [3.05, 3.63) is 28.3 Å². The summed E-state index contributed by atoms with van der Waals surface area (Å²) in [5, 5.41) is 10.5. The Morgan fingerprint density at radius 1 is 1.37 bits per heavy atom. The maximum absolute atomic E-state index is 11.9. The number of non-ortho nitro benzene ring substituents is 1. The molecule has 0 unspecified atom stereocenters. The third-order valence-electron chi connectivity index (χ3n) is 1.96. The molecule has 106 valence electrons. The Labute approximate surface area is 105 Å². The number of nitrogen functional groups attached to an aromatic ring is 1. The second-order valence-electron chi connectivity index (χ2n) is 3.42. The zero-order valence-electron chi connectivity index (χ0n) is 9.14. The van der Waals surface area contributed by atoms with Crippen molar-refractivity contribution in [1.82, 2.24) is 4.72 Å². The summed E-state index contributed by atoms with van der Waals surface area (Å²) in [7, 11) is -4.58. The van der Waals surface area contributed by atoms with E-state index < -0.39 is 38.3 Å². The fraction of sp³-hybridized carbons (Fsp3) is 0.250. The van der Waals surface area contributed by atoms with Gasteiger partial charge in [-0.05, 0) is 6.07 Å². The number of halogens is 3. The summed E-state index contributed by atoms with van der Waals surface area (Å²) in [5.41, 5.74) is 4.31. The van der Waals surface area contributed by atoms with Gasteiger partial charge in [-0.3, -0.25) is 10.1 Å². The highest BCUT2D eigenvalue weighted by atomic mass is 32.2. The first-order valence-electron chi connectivity index (χ1n) is 4.63. The summed E-state index contributed by atoms with van der Waals surface area (Å²) in [6.45, 7) is -1.79. The van der Waals surface area contributed by atoms with Crippen LogP contribution in [0.2, 0.25) is 0 Å². The van der Waals surface area contributed by atoms with E-state index in [1.165, 1.54) is 4.72 Å². The lowest BCUT2D eigenvalue weighted by Gasteiger charge is -2.10. The molecule has 11 heteroatoms. The van der Waals surface area contributed by atoms with E-state index in [4.69, 9.17) is 5.73 Å². The average Bonchev–Trinajstić information content (AvgIpc) is 2.25. The number of benzene rings is 1.